The number of fused-ring (bicyclic) bond motifs is 2. The van der Waals surface area contributed by atoms with E-state index in [-0.39, 0.29) is 48.0 Å². The van der Waals surface area contributed by atoms with E-state index >= 15 is 4.39 Å². The zero-order valence-electron chi connectivity index (χ0n) is 27.1. The predicted molar refractivity (Wildman–Crippen MR) is 185 cm³/mol. The molecule has 2 saturated heterocycles. The van der Waals surface area contributed by atoms with Gasteiger partial charge in [-0.2, -0.15) is 4.31 Å². The Hall–Kier alpha value is -3.22. The lowest BCUT2D eigenvalue weighted by molar-refractivity contribution is -0.117. The first-order chi connectivity index (χ1) is 22.7. The van der Waals surface area contributed by atoms with Crippen LogP contribution >= 0.6 is 11.6 Å². The summed E-state index contributed by atoms with van der Waals surface area (Å²) in [6.45, 7) is 7.41. The Morgan fingerprint density at radius 1 is 1.21 bits per heavy atom. The predicted octanol–water partition coefficient (Wildman–Crippen LogP) is 6.64. The molecule has 0 saturated carbocycles. The lowest BCUT2D eigenvalue weighted by Gasteiger charge is -2.38. The number of carbonyl (C=O) groups excluding carboxylic acids is 1. The van der Waals surface area contributed by atoms with Crippen molar-refractivity contribution in [3.8, 4) is 0 Å². The fourth-order valence-corrected chi connectivity index (χ4v) is 8.70. The Morgan fingerprint density at radius 3 is 2.62 bits per heavy atom. The first-order valence-corrected chi connectivity index (χ1v) is 18.2. The van der Waals surface area contributed by atoms with Gasteiger partial charge in [0.1, 0.15) is 5.82 Å². The molecule has 5 rings (SSSR count). The minimum Gasteiger partial charge on any atom is -0.324 e. The Labute approximate surface area is 285 Å². The van der Waals surface area contributed by atoms with E-state index in [2.05, 4.69) is 17.2 Å². The van der Waals surface area contributed by atoms with Crippen LogP contribution in [-0.2, 0) is 21.2 Å². The van der Waals surface area contributed by atoms with E-state index in [0.29, 0.717) is 47.5 Å². The van der Waals surface area contributed by atoms with E-state index in [9.17, 15) is 22.0 Å². The molecule has 258 valence electrons. The number of nitrogens with two attached hydrogens (primary N) is 1. The van der Waals surface area contributed by atoms with Crippen LogP contribution < -0.4 is 16.4 Å². The van der Waals surface area contributed by atoms with E-state index in [1.165, 1.54) is 22.5 Å². The number of halogens is 4. The number of rotatable bonds is 10. The summed E-state index contributed by atoms with van der Waals surface area (Å²) >= 11 is 6.15. The van der Waals surface area contributed by atoms with E-state index in [1.54, 1.807) is 36.4 Å². The number of anilines is 1. The first-order valence-electron chi connectivity index (χ1n) is 16.2. The molecule has 1 aliphatic carbocycles. The second-order valence-corrected chi connectivity index (χ2v) is 15.2. The van der Waals surface area contributed by atoms with Crippen molar-refractivity contribution in [2.75, 3.05) is 24.2 Å². The molecule has 2 aromatic carbocycles. The monoisotopic (exact) mass is 702 g/mol. The average Bonchev–Trinajstić information content (AvgIpc) is 3.31. The van der Waals surface area contributed by atoms with Gasteiger partial charge in [-0.15, -0.1) is 0 Å². The van der Waals surface area contributed by atoms with Crippen molar-refractivity contribution in [2.45, 2.75) is 75.9 Å². The summed E-state index contributed by atoms with van der Waals surface area (Å²) in [4.78, 5) is 13.9. The summed E-state index contributed by atoms with van der Waals surface area (Å²) in [5.74, 6) is -4.93. The lowest BCUT2D eigenvalue weighted by atomic mass is 9.83. The molecule has 0 spiro atoms. The standard InChI is InChI=1S/C36H42ClF3N4O3S/c1-4-23-8-9-24(12-17-29(23)36(3,39)40)33(25-10-13-26(37)14-11-25)34(41)35(45)43-31-7-5-6-30(38)28(31)16-15-27-20-42-32-21-44(27)48(46,47)19-18-22(32)2/h5-7,9-14,17,27,32-34,42H,2,4,8,15-16,18-21,41H2,1,3H3,(H,43,45). The van der Waals surface area contributed by atoms with Crippen LogP contribution in [0.15, 0.2) is 89.6 Å². The highest BCUT2D eigenvalue weighted by Gasteiger charge is 2.39. The minimum absolute atomic E-state index is 0.0161. The second kappa shape index (κ2) is 14.7. The fraction of sp³-hybridized carbons (Fsp3) is 0.417. The lowest BCUT2D eigenvalue weighted by Crippen LogP contribution is -2.57. The zero-order chi connectivity index (χ0) is 34.8. The van der Waals surface area contributed by atoms with Gasteiger partial charge in [0.05, 0.1) is 11.8 Å². The molecule has 0 radical (unpaired) electrons. The third-order valence-corrected chi connectivity index (χ3v) is 11.7. The normalized spacial score (nSPS) is 23.9. The van der Waals surface area contributed by atoms with Crippen LogP contribution in [0.25, 0.3) is 0 Å². The third-order valence-electron chi connectivity index (χ3n) is 9.56. The van der Waals surface area contributed by atoms with Crippen molar-refractivity contribution >= 4 is 33.2 Å². The molecule has 5 unspecified atom stereocenters. The third kappa shape index (κ3) is 7.97. The summed E-state index contributed by atoms with van der Waals surface area (Å²) in [7, 11) is -3.51. The molecule has 2 aromatic rings. The Kier molecular flexibility index (Phi) is 11.1. The largest absolute Gasteiger partial charge is 0.324 e. The van der Waals surface area contributed by atoms with Crippen molar-refractivity contribution in [1.82, 2.24) is 9.62 Å². The smallest absolute Gasteiger partial charge is 0.270 e. The molecule has 12 heteroatoms. The quantitative estimate of drug-likeness (QED) is 0.241. The van der Waals surface area contributed by atoms with Gasteiger partial charge in [-0.25, -0.2) is 21.6 Å². The van der Waals surface area contributed by atoms with Crippen molar-refractivity contribution in [3.63, 3.8) is 0 Å². The highest BCUT2D eigenvalue weighted by Crippen LogP contribution is 2.37. The summed E-state index contributed by atoms with van der Waals surface area (Å²) in [6.07, 6.45) is 6.38. The van der Waals surface area contributed by atoms with Gasteiger partial charge in [-0.3, -0.25) is 4.79 Å². The molecule has 2 heterocycles. The Morgan fingerprint density at radius 2 is 1.94 bits per heavy atom. The molecule has 2 bridgehead atoms. The van der Waals surface area contributed by atoms with Gasteiger partial charge in [0.25, 0.3) is 5.92 Å². The maximum Gasteiger partial charge on any atom is 0.270 e. The number of amides is 1. The number of alkyl halides is 2. The molecule has 48 heavy (non-hydrogen) atoms. The number of benzene rings is 2. The number of allylic oxidation sites excluding steroid dienone is 5. The number of nitrogens with one attached hydrogen (secondary N) is 2. The molecule has 2 aliphatic heterocycles. The summed E-state index contributed by atoms with van der Waals surface area (Å²) in [5, 5.41) is 6.67. The van der Waals surface area contributed by atoms with E-state index in [0.717, 1.165) is 12.5 Å². The van der Waals surface area contributed by atoms with Gasteiger partial charge in [0.15, 0.2) is 0 Å². The SMILES string of the molecule is C=C1CCS(=O)(=O)N2CC1NCC2CCc1c(F)cccc1NC(=O)C(N)C(C1=CCC(CC)=C(C(C)(F)F)C=C1)c1ccc(Cl)cc1. The van der Waals surface area contributed by atoms with Gasteiger partial charge in [0, 0.05) is 59.9 Å². The number of carbonyl (C=O) groups is 1. The van der Waals surface area contributed by atoms with Gasteiger partial charge in [-0.1, -0.05) is 72.7 Å². The summed E-state index contributed by atoms with van der Waals surface area (Å²) in [5.41, 5.74) is 9.78. The number of hydrogen-bond donors (Lipinski definition) is 3. The topological polar surface area (TPSA) is 105 Å². The van der Waals surface area contributed by atoms with Crippen LogP contribution in [0.2, 0.25) is 5.02 Å². The van der Waals surface area contributed by atoms with Crippen LogP contribution in [0.5, 0.6) is 0 Å². The van der Waals surface area contributed by atoms with Gasteiger partial charge >= 0.3 is 0 Å². The van der Waals surface area contributed by atoms with E-state index < -0.39 is 45.7 Å². The van der Waals surface area contributed by atoms with Gasteiger partial charge in [0.2, 0.25) is 15.9 Å². The second-order valence-electron chi connectivity index (χ2n) is 12.8. The molecule has 4 N–H and O–H groups in total. The van der Waals surface area contributed by atoms with Gasteiger partial charge < -0.3 is 16.4 Å². The maximum absolute atomic E-state index is 15.3. The fourth-order valence-electron chi connectivity index (χ4n) is 6.81. The molecule has 0 aromatic heterocycles. The van der Waals surface area contributed by atoms with E-state index in [1.807, 2.05) is 13.0 Å². The first kappa shape index (κ1) is 36.1. The highest BCUT2D eigenvalue weighted by molar-refractivity contribution is 7.89. The van der Waals surface area contributed by atoms with Crippen LogP contribution in [-0.4, -0.2) is 61.5 Å². The van der Waals surface area contributed by atoms with E-state index in [4.69, 9.17) is 17.3 Å². The van der Waals surface area contributed by atoms with Crippen molar-refractivity contribution < 1.29 is 26.4 Å². The van der Waals surface area contributed by atoms with Crippen molar-refractivity contribution in [3.05, 3.63) is 112 Å². The number of hydrogen-bond acceptors (Lipinski definition) is 5. The number of piperazine rings is 1. The molecule has 1 amide bonds. The average molecular weight is 703 g/mol. The highest BCUT2D eigenvalue weighted by atomic mass is 35.5. The zero-order valence-corrected chi connectivity index (χ0v) is 28.7. The van der Waals surface area contributed by atoms with Crippen molar-refractivity contribution in [2.24, 2.45) is 5.73 Å². The maximum atomic E-state index is 15.3. The van der Waals surface area contributed by atoms with Crippen LogP contribution in [0, 0.1) is 5.82 Å². The molecule has 7 nitrogen and oxygen atoms in total. The molecule has 5 atom stereocenters. The van der Waals surface area contributed by atoms with Crippen LogP contribution in [0.3, 0.4) is 0 Å². The Bertz CT molecular complexity index is 1750. The van der Waals surface area contributed by atoms with Crippen LogP contribution in [0.4, 0.5) is 18.9 Å². The Balaban J connectivity index is 1.39. The molecular weight excluding hydrogens is 661 g/mol. The molecule has 2 fully saturated rings. The number of nitrogens with zero attached hydrogens (tertiary/aromatic N) is 1. The minimum atomic E-state index is -3.51. The summed E-state index contributed by atoms with van der Waals surface area (Å²) in [6, 6.07) is 9.48. The number of sulfonamides is 1. The van der Waals surface area contributed by atoms with Crippen molar-refractivity contribution in [1.29, 1.82) is 0 Å². The summed E-state index contributed by atoms with van der Waals surface area (Å²) < 4.78 is 72.0. The van der Waals surface area contributed by atoms with Crippen LogP contribution in [0.1, 0.15) is 56.6 Å². The molecular formula is C36H42ClF3N4O3S. The molecule has 3 aliphatic rings. The van der Waals surface area contributed by atoms with Gasteiger partial charge in [-0.05, 0) is 67.5 Å².